The summed E-state index contributed by atoms with van der Waals surface area (Å²) in [6.45, 7) is 3.61. The van der Waals surface area contributed by atoms with Gasteiger partial charge in [0.05, 0.1) is 0 Å². The molecular weight excluding hydrogens is 194 g/mol. The minimum absolute atomic E-state index is 0.0155. The van der Waals surface area contributed by atoms with Crippen molar-refractivity contribution in [2.45, 2.75) is 20.3 Å². The van der Waals surface area contributed by atoms with Gasteiger partial charge in [-0.2, -0.15) is 8.78 Å². The van der Waals surface area contributed by atoms with E-state index in [-0.39, 0.29) is 24.9 Å². The molecule has 0 aromatic rings. The molecule has 0 aromatic heterocycles. The van der Waals surface area contributed by atoms with Gasteiger partial charge in [-0.1, -0.05) is 13.8 Å². The lowest BCUT2D eigenvalue weighted by molar-refractivity contribution is -0.132. The van der Waals surface area contributed by atoms with Crippen molar-refractivity contribution in [3.8, 4) is 0 Å². The van der Waals surface area contributed by atoms with Crippen LogP contribution in [-0.4, -0.2) is 31.3 Å². The maximum Gasteiger partial charge on any atom is 0.315 e. The van der Waals surface area contributed by atoms with Crippen LogP contribution in [-0.2, 0) is 9.59 Å². The predicted molar refractivity (Wildman–Crippen MR) is 46.9 cm³/mol. The Hall–Kier alpha value is -1.20. The number of rotatable bonds is 5. The lowest BCUT2D eigenvalue weighted by atomic mass is 10.2. The van der Waals surface area contributed by atoms with Crippen molar-refractivity contribution in [1.82, 2.24) is 10.6 Å². The predicted octanol–water partition coefficient (Wildman–Crippen LogP) is 0.140. The van der Waals surface area contributed by atoms with Gasteiger partial charge in [0.1, 0.15) is 0 Å². The van der Waals surface area contributed by atoms with Gasteiger partial charge in [0.15, 0.2) is 0 Å². The van der Waals surface area contributed by atoms with Crippen LogP contribution in [0.3, 0.4) is 0 Å². The van der Waals surface area contributed by atoms with E-state index in [0.29, 0.717) is 0 Å². The van der Waals surface area contributed by atoms with Crippen molar-refractivity contribution < 1.29 is 18.4 Å². The molecule has 0 spiro atoms. The molecule has 0 unspecified atom stereocenters. The summed E-state index contributed by atoms with van der Waals surface area (Å²) in [6.07, 6.45) is -3.00. The molecule has 0 atom stereocenters. The highest BCUT2D eigenvalue weighted by Crippen LogP contribution is 1.90. The van der Waals surface area contributed by atoms with Gasteiger partial charge < -0.3 is 10.6 Å². The van der Waals surface area contributed by atoms with E-state index >= 15 is 0 Å². The molecule has 0 bridgehead atoms. The van der Waals surface area contributed by atoms with Crippen LogP contribution in [0.25, 0.3) is 0 Å². The minimum Gasteiger partial charge on any atom is -0.354 e. The molecule has 82 valence electrons. The Balaban J connectivity index is 3.48. The topological polar surface area (TPSA) is 58.2 Å². The largest absolute Gasteiger partial charge is 0.354 e. The fourth-order valence-corrected chi connectivity index (χ4v) is 0.653. The van der Waals surface area contributed by atoms with Crippen molar-refractivity contribution in [3.63, 3.8) is 0 Å². The van der Waals surface area contributed by atoms with E-state index in [2.05, 4.69) is 5.32 Å². The van der Waals surface area contributed by atoms with Crippen LogP contribution < -0.4 is 10.6 Å². The van der Waals surface area contributed by atoms with E-state index in [1.165, 1.54) is 0 Å². The summed E-state index contributed by atoms with van der Waals surface area (Å²) in [5, 5.41) is 4.45. The zero-order valence-corrected chi connectivity index (χ0v) is 8.14. The Morgan fingerprint density at radius 3 is 1.86 bits per heavy atom. The van der Waals surface area contributed by atoms with Crippen molar-refractivity contribution >= 4 is 11.8 Å². The second-order valence-electron chi connectivity index (χ2n) is 3.04. The third kappa shape index (κ3) is 5.45. The highest BCUT2D eigenvalue weighted by atomic mass is 19.3. The Morgan fingerprint density at radius 1 is 1.07 bits per heavy atom. The molecule has 0 radical (unpaired) electrons. The van der Waals surface area contributed by atoms with Gasteiger partial charge in [-0.25, -0.2) is 0 Å². The number of hydrogen-bond donors (Lipinski definition) is 2. The molecule has 4 nitrogen and oxygen atoms in total. The van der Waals surface area contributed by atoms with E-state index in [9.17, 15) is 18.4 Å². The van der Waals surface area contributed by atoms with Crippen LogP contribution in [0.15, 0.2) is 0 Å². The summed E-state index contributed by atoms with van der Waals surface area (Å²) < 4.78 is 23.3. The number of alkyl halides is 2. The van der Waals surface area contributed by atoms with Crippen molar-refractivity contribution in [3.05, 3.63) is 0 Å². The van der Waals surface area contributed by atoms with Gasteiger partial charge in [0.2, 0.25) is 5.91 Å². The van der Waals surface area contributed by atoms with E-state index in [0.717, 1.165) is 0 Å². The summed E-state index contributed by atoms with van der Waals surface area (Å²) in [5.74, 6) is -1.64. The fraction of sp³-hybridized carbons (Fsp3) is 0.750. The summed E-state index contributed by atoms with van der Waals surface area (Å²) in [6, 6.07) is 0. The third-order valence-corrected chi connectivity index (χ3v) is 1.45. The first-order chi connectivity index (χ1) is 6.45. The van der Waals surface area contributed by atoms with Crippen molar-refractivity contribution in [2.24, 2.45) is 5.92 Å². The number of amides is 2. The first-order valence-corrected chi connectivity index (χ1v) is 4.28. The van der Waals surface area contributed by atoms with Gasteiger partial charge >= 0.3 is 6.43 Å². The molecule has 2 amide bonds. The van der Waals surface area contributed by atoms with Crippen LogP contribution >= 0.6 is 0 Å². The molecule has 0 saturated heterocycles. The van der Waals surface area contributed by atoms with Crippen LogP contribution in [0, 0.1) is 5.92 Å². The number of hydrogen-bond acceptors (Lipinski definition) is 2. The second-order valence-corrected chi connectivity index (χ2v) is 3.04. The summed E-state index contributed by atoms with van der Waals surface area (Å²) >= 11 is 0. The van der Waals surface area contributed by atoms with E-state index in [1.807, 2.05) is 5.32 Å². The van der Waals surface area contributed by atoms with Crippen LogP contribution in [0.5, 0.6) is 0 Å². The highest BCUT2D eigenvalue weighted by molar-refractivity contribution is 5.79. The number of halogens is 2. The molecule has 0 aliphatic heterocycles. The van der Waals surface area contributed by atoms with Gasteiger partial charge in [-0.15, -0.1) is 0 Å². The molecular formula is C8H14F2N2O2. The normalized spacial score (nSPS) is 10.4. The number of nitrogens with one attached hydrogen (secondary N) is 2. The molecule has 2 N–H and O–H groups in total. The molecule has 0 saturated carbocycles. The summed E-state index contributed by atoms with van der Waals surface area (Å²) in [4.78, 5) is 21.3. The average molecular weight is 208 g/mol. The van der Waals surface area contributed by atoms with Crippen molar-refractivity contribution in [2.75, 3.05) is 13.1 Å². The summed E-state index contributed by atoms with van der Waals surface area (Å²) in [5.41, 5.74) is 0. The maximum atomic E-state index is 11.6. The molecule has 14 heavy (non-hydrogen) atoms. The minimum atomic E-state index is -3.00. The van der Waals surface area contributed by atoms with Gasteiger partial charge in [0, 0.05) is 19.0 Å². The number of carbonyl (C=O) groups is 2. The molecule has 6 heteroatoms. The quantitative estimate of drug-likeness (QED) is 0.631. The van der Waals surface area contributed by atoms with E-state index in [4.69, 9.17) is 0 Å². The second kappa shape index (κ2) is 6.28. The van der Waals surface area contributed by atoms with Gasteiger partial charge in [0.25, 0.3) is 5.91 Å². The lowest BCUT2D eigenvalue weighted by Gasteiger charge is -2.08. The first kappa shape index (κ1) is 12.8. The third-order valence-electron chi connectivity index (χ3n) is 1.45. The van der Waals surface area contributed by atoms with Crippen LogP contribution in [0.2, 0.25) is 0 Å². The van der Waals surface area contributed by atoms with Crippen molar-refractivity contribution in [1.29, 1.82) is 0 Å². The molecule has 0 heterocycles. The van der Waals surface area contributed by atoms with Gasteiger partial charge in [-0.05, 0) is 0 Å². The van der Waals surface area contributed by atoms with Gasteiger partial charge in [-0.3, -0.25) is 9.59 Å². The van der Waals surface area contributed by atoms with E-state index < -0.39 is 12.3 Å². The zero-order chi connectivity index (χ0) is 11.1. The molecule has 0 fully saturated rings. The lowest BCUT2D eigenvalue weighted by Crippen LogP contribution is -2.38. The molecule has 0 aliphatic rings. The van der Waals surface area contributed by atoms with E-state index in [1.54, 1.807) is 13.8 Å². The monoisotopic (exact) mass is 208 g/mol. The Labute approximate surface area is 81.0 Å². The summed E-state index contributed by atoms with van der Waals surface area (Å²) in [7, 11) is 0. The van der Waals surface area contributed by atoms with Crippen LogP contribution in [0.1, 0.15) is 13.8 Å². The maximum absolute atomic E-state index is 11.6. The SMILES string of the molecule is CC(C)C(=O)NCCNC(=O)C(F)F. The smallest absolute Gasteiger partial charge is 0.315 e. The Bertz CT molecular complexity index is 186. The molecule has 0 aromatic carbocycles. The molecule has 0 rings (SSSR count). The average Bonchev–Trinajstić information content (AvgIpc) is 2.11. The highest BCUT2D eigenvalue weighted by Gasteiger charge is 2.13. The first-order valence-electron chi connectivity index (χ1n) is 4.28. The standard InChI is InChI=1S/C8H14F2N2O2/c1-5(2)7(13)11-3-4-12-8(14)6(9)10/h5-6H,3-4H2,1-2H3,(H,11,13)(H,12,14). The Morgan fingerprint density at radius 2 is 1.50 bits per heavy atom. The molecule has 0 aliphatic carbocycles. The van der Waals surface area contributed by atoms with Crippen LogP contribution in [0.4, 0.5) is 8.78 Å². The Kier molecular flexibility index (Phi) is 5.74. The fourth-order valence-electron chi connectivity index (χ4n) is 0.653. The number of carbonyl (C=O) groups excluding carboxylic acids is 2. The zero-order valence-electron chi connectivity index (χ0n) is 8.14.